The summed E-state index contributed by atoms with van der Waals surface area (Å²) in [7, 11) is -0.0404. The molecule has 5 nitrogen and oxygen atoms in total. The third-order valence-electron chi connectivity index (χ3n) is 3.34. The van der Waals surface area contributed by atoms with Crippen LogP contribution in [0.3, 0.4) is 0 Å². The summed E-state index contributed by atoms with van der Waals surface area (Å²) >= 11 is 0. The maximum absolute atomic E-state index is 12.5. The Morgan fingerprint density at radius 2 is 1.91 bits per heavy atom. The molecular weight excluding hydrogens is 300 g/mol. The minimum absolute atomic E-state index is 0.0760. The van der Waals surface area contributed by atoms with Crippen LogP contribution < -0.4 is 15.8 Å². The molecule has 0 bridgehead atoms. The van der Waals surface area contributed by atoms with Crippen molar-refractivity contribution in [3.63, 3.8) is 0 Å². The van der Waals surface area contributed by atoms with E-state index in [0.29, 0.717) is 21.9 Å². The Labute approximate surface area is 130 Å². The van der Waals surface area contributed by atoms with Gasteiger partial charge in [0.25, 0.3) is 5.91 Å². The summed E-state index contributed by atoms with van der Waals surface area (Å²) in [6, 6.07) is 14.5. The van der Waals surface area contributed by atoms with Crippen LogP contribution in [-0.4, -0.2) is 17.2 Å². The second-order valence-corrected chi connectivity index (χ2v) is 6.08. The number of rotatable bonds is 4. The molecule has 1 amide bonds. The lowest BCUT2D eigenvalue weighted by Gasteiger charge is -2.10. The number of primary amides is 1. The summed E-state index contributed by atoms with van der Waals surface area (Å²) in [4.78, 5) is 12.4. The molecule has 0 aliphatic carbocycles. The van der Waals surface area contributed by atoms with Gasteiger partial charge in [-0.3, -0.25) is 4.79 Å². The summed E-state index contributed by atoms with van der Waals surface area (Å²) in [6.45, 7) is 0. The molecular formula is C16H14N2O3S. The molecule has 0 spiro atoms. The first-order valence-corrected chi connectivity index (χ1v) is 7.73. The summed E-state index contributed by atoms with van der Waals surface area (Å²) in [6.07, 6.45) is 0. The van der Waals surface area contributed by atoms with Gasteiger partial charge in [-0.15, -0.1) is 0 Å². The van der Waals surface area contributed by atoms with Crippen molar-refractivity contribution in [2.45, 2.75) is 4.90 Å². The van der Waals surface area contributed by atoms with Gasteiger partial charge in [-0.25, -0.2) is 4.21 Å². The molecule has 1 heterocycles. The first-order valence-electron chi connectivity index (χ1n) is 6.58. The van der Waals surface area contributed by atoms with Gasteiger partial charge < -0.3 is 15.8 Å². The number of hydrogen-bond donors (Lipinski definition) is 2. The fraction of sp³-hybridized carbons (Fsp3) is 0.0625. The highest BCUT2D eigenvalue weighted by Gasteiger charge is 2.32. The van der Waals surface area contributed by atoms with E-state index in [2.05, 4.69) is 5.32 Å². The van der Waals surface area contributed by atoms with E-state index in [9.17, 15) is 9.00 Å². The Balaban J connectivity index is 2.14. The van der Waals surface area contributed by atoms with Crippen LogP contribution in [0.5, 0.6) is 5.75 Å². The van der Waals surface area contributed by atoms with E-state index in [1.165, 1.54) is 0 Å². The number of ether oxygens (including phenoxy) is 1. The highest BCUT2D eigenvalue weighted by atomic mass is 32.2. The lowest BCUT2D eigenvalue weighted by Crippen LogP contribution is -2.17. The van der Waals surface area contributed by atoms with Crippen molar-refractivity contribution >= 4 is 28.1 Å². The maximum atomic E-state index is 12.5. The van der Waals surface area contributed by atoms with Crippen molar-refractivity contribution in [2.24, 2.45) is 5.73 Å². The van der Waals surface area contributed by atoms with Crippen molar-refractivity contribution < 1.29 is 13.7 Å². The molecule has 3 N–H and O–H groups in total. The molecule has 6 heteroatoms. The first kappa shape index (κ1) is 14.3. The van der Waals surface area contributed by atoms with Gasteiger partial charge in [-0.2, -0.15) is 0 Å². The van der Waals surface area contributed by atoms with Crippen LogP contribution in [0.25, 0.3) is 5.70 Å². The minimum Gasteiger partial charge on any atom is -0.497 e. The lowest BCUT2D eigenvalue weighted by molar-refractivity contribution is -0.113. The zero-order valence-electron chi connectivity index (χ0n) is 11.8. The molecule has 112 valence electrons. The number of nitrogens with one attached hydrogen (secondary N) is 1. The van der Waals surface area contributed by atoms with E-state index in [1.54, 1.807) is 25.3 Å². The Hall–Kier alpha value is -2.60. The second-order valence-electron chi connectivity index (χ2n) is 4.69. The van der Waals surface area contributed by atoms with Crippen molar-refractivity contribution in [1.29, 1.82) is 0 Å². The van der Waals surface area contributed by atoms with Crippen LogP contribution in [0.1, 0.15) is 5.56 Å². The van der Waals surface area contributed by atoms with Crippen molar-refractivity contribution in [3.8, 4) is 5.75 Å². The third kappa shape index (κ3) is 2.37. The monoisotopic (exact) mass is 314 g/mol. The smallest absolute Gasteiger partial charge is 0.260 e. The zero-order valence-corrected chi connectivity index (χ0v) is 12.6. The van der Waals surface area contributed by atoms with E-state index in [1.807, 2.05) is 30.3 Å². The van der Waals surface area contributed by atoms with Crippen LogP contribution in [0.4, 0.5) is 5.69 Å². The molecule has 3 rings (SSSR count). The predicted molar refractivity (Wildman–Crippen MR) is 85.6 cm³/mol. The molecule has 1 aliphatic rings. The van der Waals surface area contributed by atoms with Crippen LogP contribution in [-0.2, 0) is 15.6 Å². The van der Waals surface area contributed by atoms with Crippen LogP contribution >= 0.6 is 0 Å². The van der Waals surface area contributed by atoms with E-state index >= 15 is 0 Å². The SMILES string of the molecule is COc1ccc2c(c1)C(Nc1ccccc1)=C(C(N)=O)S2=O. The summed E-state index contributed by atoms with van der Waals surface area (Å²) in [5.74, 6) is -0.0826. The molecule has 0 aromatic heterocycles. The van der Waals surface area contributed by atoms with Gasteiger partial charge in [0, 0.05) is 11.3 Å². The highest BCUT2D eigenvalue weighted by Crippen LogP contribution is 2.38. The van der Waals surface area contributed by atoms with Gasteiger partial charge in [0.2, 0.25) is 0 Å². The quantitative estimate of drug-likeness (QED) is 0.905. The van der Waals surface area contributed by atoms with Crippen molar-refractivity contribution in [1.82, 2.24) is 0 Å². The van der Waals surface area contributed by atoms with Crippen LogP contribution in [0.15, 0.2) is 58.3 Å². The molecule has 22 heavy (non-hydrogen) atoms. The normalized spacial score (nSPS) is 16.3. The molecule has 0 saturated heterocycles. The number of hydrogen-bond acceptors (Lipinski definition) is 4. The Kier molecular flexibility index (Phi) is 3.68. The van der Waals surface area contributed by atoms with Gasteiger partial charge in [0.1, 0.15) is 10.7 Å². The third-order valence-corrected chi connectivity index (χ3v) is 4.87. The number of methoxy groups -OCH3 is 1. The molecule has 1 unspecified atom stereocenters. The standard InChI is InChI=1S/C16H14N2O3S/c1-21-11-7-8-13-12(9-11)14(15(16(17)19)22(13)20)18-10-5-3-2-4-6-10/h2-9,18H,1H3,(H2,17,19). The average Bonchev–Trinajstić information content (AvgIpc) is 2.80. The predicted octanol–water partition coefficient (Wildman–Crippen LogP) is 2.08. The Morgan fingerprint density at radius 1 is 1.18 bits per heavy atom. The first-order chi connectivity index (χ1) is 10.6. The van der Waals surface area contributed by atoms with E-state index in [-0.39, 0.29) is 4.91 Å². The number of amides is 1. The van der Waals surface area contributed by atoms with Gasteiger partial charge in [-0.1, -0.05) is 18.2 Å². The number of para-hydroxylation sites is 1. The van der Waals surface area contributed by atoms with Gasteiger partial charge in [-0.05, 0) is 30.3 Å². The molecule has 2 aromatic carbocycles. The van der Waals surface area contributed by atoms with E-state index in [4.69, 9.17) is 10.5 Å². The fourth-order valence-electron chi connectivity index (χ4n) is 2.32. The fourth-order valence-corrected chi connectivity index (χ4v) is 3.62. The second kappa shape index (κ2) is 5.65. The van der Waals surface area contributed by atoms with E-state index in [0.717, 1.165) is 5.69 Å². The topological polar surface area (TPSA) is 81.4 Å². The Morgan fingerprint density at radius 3 is 2.55 bits per heavy atom. The average molecular weight is 314 g/mol. The maximum Gasteiger partial charge on any atom is 0.260 e. The number of anilines is 1. The molecule has 0 radical (unpaired) electrons. The van der Waals surface area contributed by atoms with Crippen molar-refractivity contribution in [3.05, 3.63) is 59.0 Å². The minimum atomic E-state index is -1.59. The number of nitrogens with two attached hydrogens (primary N) is 1. The van der Waals surface area contributed by atoms with Crippen molar-refractivity contribution in [2.75, 3.05) is 12.4 Å². The molecule has 0 saturated carbocycles. The summed E-state index contributed by atoms with van der Waals surface area (Å²) in [5, 5.41) is 3.14. The molecule has 1 atom stereocenters. The van der Waals surface area contributed by atoms with E-state index < -0.39 is 16.7 Å². The highest BCUT2D eigenvalue weighted by molar-refractivity contribution is 7.90. The Bertz CT molecular complexity index is 800. The largest absolute Gasteiger partial charge is 0.497 e. The van der Waals surface area contributed by atoms with Gasteiger partial charge >= 0.3 is 0 Å². The zero-order chi connectivity index (χ0) is 15.7. The van der Waals surface area contributed by atoms with Crippen LogP contribution in [0.2, 0.25) is 0 Å². The lowest BCUT2D eigenvalue weighted by atomic mass is 10.1. The van der Waals surface area contributed by atoms with Gasteiger partial charge in [0.15, 0.2) is 0 Å². The van der Waals surface area contributed by atoms with Gasteiger partial charge in [0.05, 0.1) is 28.5 Å². The summed E-state index contributed by atoms with van der Waals surface area (Å²) in [5.41, 5.74) is 7.33. The van der Waals surface area contributed by atoms with Crippen LogP contribution in [0, 0.1) is 0 Å². The number of fused-ring (bicyclic) bond motifs is 1. The number of benzene rings is 2. The number of carbonyl (C=O) groups excluding carboxylic acids is 1. The molecule has 1 aliphatic heterocycles. The number of carbonyl (C=O) groups is 1. The molecule has 2 aromatic rings. The summed E-state index contributed by atoms with van der Waals surface area (Å²) < 4.78 is 17.7. The molecule has 0 fully saturated rings.